The molecule has 0 spiro atoms. The third-order valence-corrected chi connectivity index (χ3v) is 3.09. The summed E-state index contributed by atoms with van der Waals surface area (Å²) in [5.41, 5.74) is 1.41. The lowest BCUT2D eigenvalue weighted by molar-refractivity contribution is 0.100. The monoisotopic (exact) mass is 285 g/mol. The molecule has 2 aromatic rings. The Morgan fingerprint density at radius 1 is 1.14 bits per heavy atom. The van der Waals surface area contributed by atoms with Crippen LogP contribution in [0.3, 0.4) is 0 Å². The third-order valence-electron chi connectivity index (χ3n) is 3.09. The van der Waals surface area contributed by atoms with Gasteiger partial charge in [-0.2, -0.15) is 0 Å². The van der Waals surface area contributed by atoms with Gasteiger partial charge in [0.05, 0.1) is 5.56 Å². The van der Waals surface area contributed by atoms with Gasteiger partial charge < -0.3 is 9.73 Å². The summed E-state index contributed by atoms with van der Waals surface area (Å²) in [7, 11) is 0. The van der Waals surface area contributed by atoms with Crippen LogP contribution in [0.15, 0.2) is 39.5 Å². The molecule has 0 atom stereocenters. The molecule has 0 unspecified atom stereocenters. The third kappa shape index (κ3) is 3.25. The molecule has 0 aliphatic rings. The van der Waals surface area contributed by atoms with Crippen molar-refractivity contribution >= 4 is 17.4 Å². The van der Waals surface area contributed by atoms with Gasteiger partial charge in [0.25, 0.3) is 5.91 Å². The standard InChI is InChI=1S/C16H15NO4/c1-9-7-14(19)21-11(3)15(9)16(20)17-13-6-4-5-12(8-13)10(2)18/h4-8H,1-3H3,(H,17,20). The summed E-state index contributed by atoms with van der Waals surface area (Å²) in [6, 6.07) is 7.93. The number of ketones is 1. The molecule has 5 nitrogen and oxygen atoms in total. The van der Waals surface area contributed by atoms with Crippen molar-refractivity contribution in [3.63, 3.8) is 0 Å². The Kier molecular flexibility index (Phi) is 4.03. The van der Waals surface area contributed by atoms with Crippen LogP contribution in [-0.2, 0) is 0 Å². The molecule has 0 saturated heterocycles. The topological polar surface area (TPSA) is 76.4 Å². The summed E-state index contributed by atoms with van der Waals surface area (Å²) >= 11 is 0. The molecule has 5 heteroatoms. The van der Waals surface area contributed by atoms with Crippen molar-refractivity contribution in [1.29, 1.82) is 0 Å². The van der Waals surface area contributed by atoms with Gasteiger partial charge >= 0.3 is 5.63 Å². The number of carbonyl (C=O) groups excluding carboxylic acids is 2. The van der Waals surface area contributed by atoms with Crippen LogP contribution >= 0.6 is 0 Å². The lowest BCUT2D eigenvalue weighted by atomic mass is 10.1. The summed E-state index contributed by atoms with van der Waals surface area (Å²) in [6.07, 6.45) is 0. The van der Waals surface area contributed by atoms with E-state index in [0.717, 1.165) is 0 Å². The van der Waals surface area contributed by atoms with Gasteiger partial charge in [-0.25, -0.2) is 4.79 Å². The molecule has 0 bridgehead atoms. The molecule has 0 saturated carbocycles. The molecule has 0 fully saturated rings. The fraction of sp³-hybridized carbons (Fsp3) is 0.188. The highest BCUT2D eigenvalue weighted by molar-refractivity contribution is 6.06. The SMILES string of the molecule is CC(=O)c1cccc(NC(=O)c2c(C)cc(=O)oc2C)c1. The Morgan fingerprint density at radius 3 is 2.48 bits per heavy atom. The van der Waals surface area contributed by atoms with E-state index in [1.807, 2.05) is 0 Å². The van der Waals surface area contributed by atoms with E-state index in [1.165, 1.54) is 13.0 Å². The van der Waals surface area contributed by atoms with Crippen LogP contribution < -0.4 is 10.9 Å². The fourth-order valence-corrected chi connectivity index (χ4v) is 2.11. The predicted octanol–water partition coefficient (Wildman–Crippen LogP) is 2.71. The Balaban J connectivity index is 2.33. The van der Waals surface area contributed by atoms with Crippen LogP contribution in [0.4, 0.5) is 5.69 Å². The second-order valence-corrected chi connectivity index (χ2v) is 4.77. The Hall–Kier alpha value is -2.69. The van der Waals surface area contributed by atoms with Crippen molar-refractivity contribution < 1.29 is 14.0 Å². The lowest BCUT2D eigenvalue weighted by Crippen LogP contribution is -2.17. The number of amides is 1. The van der Waals surface area contributed by atoms with Gasteiger partial charge in [-0.15, -0.1) is 0 Å². The predicted molar refractivity (Wildman–Crippen MR) is 78.9 cm³/mol. The van der Waals surface area contributed by atoms with Gasteiger partial charge in [-0.05, 0) is 38.5 Å². The minimum absolute atomic E-state index is 0.0795. The molecular formula is C16H15NO4. The molecule has 0 aliphatic heterocycles. The molecule has 1 heterocycles. The Bertz CT molecular complexity index is 748. The smallest absolute Gasteiger partial charge is 0.336 e. The van der Waals surface area contributed by atoms with Gasteiger partial charge in [0.1, 0.15) is 5.76 Å². The molecule has 21 heavy (non-hydrogen) atoms. The van der Waals surface area contributed by atoms with Crippen LogP contribution in [0.5, 0.6) is 0 Å². The first kappa shape index (κ1) is 14.7. The minimum Gasteiger partial charge on any atom is -0.427 e. The number of nitrogens with one attached hydrogen (secondary N) is 1. The van der Waals surface area contributed by atoms with Crippen LogP contribution in [-0.4, -0.2) is 11.7 Å². The number of hydrogen-bond donors (Lipinski definition) is 1. The van der Waals surface area contributed by atoms with E-state index in [0.29, 0.717) is 22.4 Å². The molecule has 1 aromatic carbocycles. The highest BCUT2D eigenvalue weighted by atomic mass is 16.4. The average molecular weight is 285 g/mol. The van der Waals surface area contributed by atoms with E-state index >= 15 is 0 Å². The number of carbonyl (C=O) groups is 2. The average Bonchev–Trinajstić information content (AvgIpc) is 2.37. The van der Waals surface area contributed by atoms with E-state index in [2.05, 4.69) is 5.32 Å². The Labute approximate surface area is 121 Å². The number of Topliss-reactive ketones (excluding diaryl/α,β-unsaturated/α-hetero) is 1. The first-order valence-corrected chi connectivity index (χ1v) is 6.42. The van der Waals surface area contributed by atoms with Crippen molar-refractivity contribution in [2.45, 2.75) is 20.8 Å². The summed E-state index contributed by atoms with van der Waals surface area (Å²) < 4.78 is 4.94. The maximum atomic E-state index is 12.3. The first-order valence-electron chi connectivity index (χ1n) is 6.42. The van der Waals surface area contributed by atoms with Crippen molar-refractivity contribution in [2.24, 2.45) is 0 Å². The zero-order valence-electron chi connectivity index (χ0n) is 12.0. The minimum atomic E-state index is -0.486. The number of aryl methyl sites for hydroxylation is 2. The maximum Gasteiger partial charge on any atom is 0.336 e. The summed E-state index contributed by atoms with van der Waals surface area (Å²) in [4.78, 5) is 34.9. The zero-order chi connectivity index (χ0) is 15.6. The number of anilines is 1. The fourth-order valence-electron chi connectivity index (χ4n) is 2.11. The summed E-state index contributed by atoms with van der Waals surface area (Å²) in [5.74, 6) is -0.196. The van der Waals surface area contributed by atoms with Gasteiger partial charge in [0, 0.05) is 17.3 Å². The lowest BCUT2D eigenvalue weighted by Gasteiger charge is -2.09. The first-order chi connectivity index (χ1) is 9.88. The summed E-state index contributed by atoms with van der Waals surface area (Å²) in [6.45, 7) is 4.70. The van der Waals surface area contributed by atoms with Gasteiger partial charge in [0.2, 0.25) is 0 Å². The molecule has 108 valence electrons. The molecule has 1 N–H and O–H groups in total. The van der Waals surface area contributed by atoms with E-state index in [-0.39, 0.29) is 17.5 Å². The largest absolute Gasteiger partial charge is 0.427 e. The number of benzene rings is 1. The molecular weight excluding hydrogens is 270 g/mol. The van der Waals surface area contributed by atoms with Gasteiger partial charge in [0.15, 0.2) is 5.78 Å². The van der Waals surface area contributed by atoms with E-state index in [9.17, 15) is 14.4 Å². The number of hydrogen-bond acceptors (Lipinski definition) is 4. The Morgan fingerprint density at radius 2 is 1.86 bits per heavy atom. The summed E-state index contributed by atoms with van der Waals surface area (Å²) in [5, 5.41) is 2.70. The zero-order valence-corrected chi connectivity index (χ0v) is 12.0. The van der Waals surface area contributed by atoms with E-state index < -0.39 is 5.63 Å². The second kappa shape index (κ2) is 5.75. The number of rotatable bonds is 3. The molecule has 2 rings (SSSR count). The van der Waals surface area contributed by atoms with Gasteiger partial charge in [-0.3, -0.25) is 9.59 Å². The van der Waals surface area contributed by atoms with Crippen molar-refractivity contribution in [3.05, 3.63) is 63.2 Å². The molecule has 0 radical (unpaired) electrons. The van der Waals surface area contributed by atoms with Crippen molar-refractivity contribution in [3.8, 4) is 0 Å². The second-order valence-electron chi connectivity index (χ2n) is 4.77. The van der Waals surface area contributed by atoms with Crippen molar-refractivity contribution in [1.82, 2.24) is 0 Å². The quantitative estimate of drug-likeness (QED) is 0.880. The van der Waals surface area contributed by atoms with Crippen molar-refractivity contribution in [2.75, 3.05) is 5.32 Å². The van der Waals surface area contributed by atoms with Crippen LogP contribution in [0.2, 0.25) is 0 Å². The van der Waals surface area contributed by atoms with E-state index in [1.54, 1.807) is 38.1 Å². The van der Waals surface area contributed by atoms with Crippen LogP contribution in [0, 0.1) is 13.8 Å². The normalized spacial score (nSPS) is 10.2. The highest BCUT2D eigenvalue weighted by Crippen LogP contribution is 2.16. The highest BCUT2D eigenvalue weighted by Gasteiger charge is 2.15. The molecule has 0 aliphatic carbocycles. The van der Waals surface area contributed by atoms with Gasteiger partial charge in [-0.1, -0.05) is 12.1 Å². The molecule has 1 aromatic heterocycles. The van der Waals surface area contributed by atoms with Crippen LogP contribution in [0.1, 0.15) is 39.0 Å². The maximum absolute atomic E-state index is 12.3. The van der Waals surface area contributed by atoms with E-state index in [4.69, 9.17) is 4.42 Å². The van der Waals surface area contributed by atoms with Crippen LogP contribution in [0.25, 0.3) is 0 Å². The molecule has 1 amide bonds.